The Balaban J connectivity index is 2.10. The minimum atomic E-state index is -0.445. The molecule has 1 aromatic carbocycles. The van der Waals surface area contributed by atoms with Gasteiger partial charge in [0.25, 0.3) is 0 Å². The van der Waals surface area contributed by atoms with Gasteiger partial charge >= 0.3 is 5.69 Å². The van der Waals surface area contributed by atoms with Gasteiger partial charge in [-0.25, -0.2) is 9.78 Å². The van der Waals surface area contributed by atoms with Gasteiger partial charge in [0.05, 0.1) is 11.2 Å². The van der Waals surface area contributed by atoms with Crippen molar-refractivity contribution in [2.45, 2.75) is 0 Å². The average Bonchev–Trinajstić information content (AvgIpc) is 2.32. The number of aromatic nitrogens is 2. The summed E-state index contributed by atoms with van der Waals surface area (Å²) < 4.78 is 0. The van der Waals surface area contributed by atoms with E-state index in [1.165, 1.54) is 12.4 Å². The number of H-pyrrole nitrogens is 1. The smallest absolute Gasteiger partial charge is 0.291 e. The Labute approximate surface area is 112 Å². The van der Waals surface area contributed by atoms with Gasteiger partial charge in [0, 0.05) is 16.8 Å². The molecule has 0 aliphatic rings. The maximum absolute atomic E-state index is 10.9. The molecule has 0 aliphatic carbocycles. The van der Waals surface area contributed by atoms with Crippen LogP contribution in [0.25, 0.3) is 0 Å². The van der Waals surface area contributed by atoms with Gasteiger partial charge in [-0.15, -0.1) is 0 Å². The fraction of sp³-hybridized carbons (Fsp3) is 0. The summed E-state index contributed by atoms with van der Waals surface area (Å²) in [6, 6.07) is 6.66. The topological polar surface area (TPSA) is 70.1 Å². The van der Waals surface area contributed by atoms with Crippen LogP contribution in [-0.2, 0) is 0 Å². The Kier molecular flexibility index (Phi) is 3.96. The first kappa shape index (κ1) is 12.6. The van der Waals surface area contributed by atoms with E-state index >= 15 is 0 Å². The van der Waals surface area contributed by atoms with Crippen molar-refractivity contribution in [2.24, 2.45) is 5.10 Å². The van der Waals surface area contributed by atoms with Gasteiger partial charge in [-0.2, -0.15) is 5.10 Å². The van der Waals surface area contributed by atoms with Gasteiger partial charge < -0.3 is 0 Å². The Morgan fingerprint density at radius 1 is 1.33 bits per heavy atom. The first-order valence-corrected chi connectivity index (χ1v) is 5.70. The quantitative estimate of drug-likeness (QED) is 0.671. The Hall–Kier alpha value is -1.85. The number of rotatable bonds is 3. The van der Waals surface area contributed by atoms with Crippen LogP contribution in [0, 0.1) is 0 Å². The monoisotopic (exact) mass is 282 g/mol. The molecule has 2 aromatic rings. The second kappa shape index (κ2) is 5.66. The summed E-state index contributed by atoms with van der Waals surface area (Å²) in [7, 11) is 0. The summed E-state index contributed by atoms with van der Waals surface area (Å²) in [6.45, 7) is 0. The van der Waals surface area contributed by atoms with Crippen LogP contribution in [0.1, 0.15) is 5.56 Å². The second-order valence-corrected chi connectivity index (χ2v) is 4.17. The molecule has 2 N–H and O–H groups in total. The summed E-state index contributed by atoms with van der Waals surface area (Å²) in [6.07, 6.45) is 2.91. The molecule has 0 atom stereocenters. The van der Waals surface area contributed by atoms with Crippen molar-refractivity contribution in [1.82, 2.24) is 9.97 Å². The molecule has 0 saturated heterocycles. The highest BCUT2D eigenvalue weighted by molar-refractivity contribution is 6.36. The van der Waals surface area contributed by atoms with E-state index < -0.39 is 5.69 Å². The summed E-state index contributed by atoms with van der Waals surface area (Å²) in [4.78, 5) is 16.9. The number of benzene rings is 1. The lowest BCUT2D eigenvalue weighted by Gasteiger charge is -2.00. The molecule has 0 amide bonds. The third kappa shape index (κ3) is 3.32. The Bertz CT molecular complexity index is 639. The number of hydrogen-bond acceptors (Lipinski definition) is 4. The summed E-state index contributed by atoms with van der Waals surface area (Å²) in [5.74, 6) is 0.441. The van der Waals surface area contributed by atoms with Gasteiger partial charge in [0.15, 0.2) is 0 Å². The van der Waals surface area contributed by atoms with Crippen LogP contribution < -0.4 is 11.1 Å². The molecule has 5 nitrogen and oxygen atoms in total. The third-order valence-electron chi connectivity index (χ3n) is 2.03. The van der Waals surface area contributed by atoms with Gasteiger partial charge in [-0.05, 0) is 18.2 Å². The van der Waals surface area contributed by atoms with Gasteiger partial charge in [0.2, 0.25) is 0 Å². The van der Waals surface area contributed by atoms with Crippen LogP contribution >= 0.6 is 23.2 Å². The highest BCUT2D eigenvalue weighted by atomic mass is 35.5. The number of aromatic amines is 1. The van der Waals surface area contributed by atoms with Crippen LogP contribution in [0.4, 0.5) is 5.82 Å². The fourth-order valence-electron chi connectivity index (χ4n) is 1.21. The highest BCUT2D eigenvalue weighted by Crippen LogP contribution is 2.19. The van der Waals surface area contributed by atoms with E-state index in [1.54, 1.807) is 24.3 Å². The van der Waals surface area contributed by atoms with Gasteiger partial charge in [-0.1, -0.05) is 29.3 Å². The molecule has 1 heterocycles. The van der Waals surface area contributed by atoms with Crippen molar-refractivity contribution in [2.75, 3.05) is 5.43 Å². The van der Waals surface area contributed by atoms with Crippen LogP contribution in [0.3, 0.4) is 0 Å². The molecule has 0 saturated carbocycles. The SMILES string of the molecule is O=c1nccc(N/N=C/c2ccc(Cl)cc2Cl)[nH]1. The molecule has 0 spiro atoms. The Morgan fingerprint density at radius 2 is 2.17 bits per heavy atom. The maximum atomic E-state index is 10.9. The van der Waals surface area contributed by atoms with Crippen molar-refractivity contribution >= 4 is 35.2 Å². The molecule has 0 bridgehead atoms. The minimum Gasteiger partial charge on any atom is -0.291 e. The number of hydrogen-bond donors (Lipinski definition) is 2. The Morgan fingerprint density at radius 3 is 2.89 bits per heavy atom. The molecular formula is C11H8Cl2N4O. The summed E-state index contributed by atoms with van der Waals surface area (Å²) in [5.41, 5.74) is 2.93. The third-order valence-corrected chi connectivity index (χ3v) is 2.59. The number of nitrogens with one attached hydrogen (secondary N) is 2. The zero-order valence-corrected chi connectivity index (χ0v) is 10.5. The summed E-state index contributed by atoms with van der Waals surface area (Å²) in [5, 5.41) is 5.00. The molecule has 0 aliphatic heterocycles. The normalized spacial score (nSPS) is 10.8. The molecule has 0 fully saturated rings. The molecule has 7 heteroatoms. The van der Waals surface area contributed by atoms with E-state index in [-0.39, 0.29) is 0 Å². The summed E-state index contributed by atoms with van der Waals surface area (Å²) >= 11 is 11.7. The maximum Gasteiger partial charge on any atom is 0.346 e. The van der Waals surface area contributed by atoms with Crippen LogP contribution in [0.5, 0.6) is 0 Å². The van der Waals surface area contributed by atoms with E-state index in [9.17, 15) is 4.79 Å². The number of hydrazone groups is 1. The number of halogens is 2. The van der Waals surface area contributed by atoms with Crippen LogP contribution in [0.2, 0.25) is 10.0 Å². The zero-order chi connectivity index (χ0) is 13.0. The molecule has 2 rings (SSSR count). The van der Waals surface area contributed by atoms with Gasteiger partial charge in [-0.3, -0.25) is 10.4 Å². The van der Waals surface area contributed by atoms with Crippen molar-refractivity contribution in [1.29, 1.82) is 0 Å². The molecular weight excluding hydrogens is 275 g/mol. The van der Waals surface area contributed by atoms with Gasteiger partial charge in [0.1, 0.15) is 5.82 Å². The zero-order valence-electron chi connectivity index (χ0n) is 9.02. The predicted molar refractivity (Wildman–Crippen MR) is 72.5 cm³/mol. The first-order valence-electron chi connectivity index (χ1n) is 4.94. The first-order chi connectivity index (χ1) is 8.65. The second-order valence-electron chi connectivity index (χ2n) is 3.32. The van der Waals surface area contributed by atoms with Crippen molar-refractivity contribution in [3.05, 3.63) is 56.6 Å². The molecule has 92 valence electrons. The van der Waals surface area contributed by atoms with Crippen molar-refractivity contribution in [3.63, 3.8) is 0 Å². The highest BCUT2D eigenvalue weighted by Gasteiger charge is 1.97. The molecule has 0 radical (unpaired) electrons. The molecule has 18 heavy (non-hydrogen) atoms. The van der Waals surface area contributed by atoms with E-state index in [1.807, 2.05) is 0 Å². The van der Waals surface area contributed by atoms with E-state index in [4.69, 9.17) is 23.2 Å². The minimum absolute atomic E-state index is 0.441. The van der Waals surface area contributed by atoms with Crippen LogP contribution in [0.15, 0.2) is 40.4 Å². The standard InChI is InChI=1S/C11H8Cl2N4O/c12-8-2-1-7(9(13)5-8)6-15-17-10-3-4-14-11(18)16-10/h1-6H,(H2,14,16,17,18)/b15-6+. The average molecular weight is 283 g/mol. The van der Waals surface area contributed by atoms with E-state index in [0.717, 1.165) is 0 Å². The lowest BCUT2D eigenvalue weighted by molar-refractivity contribution is 1.06. The van der Waals surface area contributed by atoms with Crippen LogP contribution in [-0.4, -0.2) is 16.2 Å². The lowest BCUT2D eigenvalue weighted by atomic mass is 10.2. The number of anilines is 1. The van der Waals surface area contributed by atoms with Crippen molar-refractivity contribution in [3.8, 4) is 0 Å². The molecule has 0 unspecified atom stereocenters. The molecule has 1 aromatic heterocycles. The largest absolute Gasteiger partial charge is 0.346 e. The van der Waals surface area contributed by atoms with E-state index in [0.29, 0.717) is 21.4 Å². The van der Waals surface area contributed by atoms with Crippen molar-refractivity contribution < 1.29 is 0 Å². The van der Waals surface area contributed by atoms with E-state index in [2.05, 4.69) is 20.5 Å². The lowest BCUT2D eigenvalue weighted by Crippen LogP contribution is -2.10. The predicted octanol–water partition coefficient (Wildman–Crippen LogP) is 2.52. The number of nitrogens with zero attached hydrogens (tertiary/aromatic N) is 2. The fourth-order valence-corrected chi connectivity index (χ4v) is 1.67.